The largest absolute Gasteiger partial charge is 0.363 e. The van der Waals surface area contributed by atoms with E-state index in [-0.39, 0.29) is 17.8 Å². The molecule has 0 aliphatic carbocycles. The Morgan fingerprint density at radius 2 is 2.04 bits per heavy atom. The van der Waals surface area contributed by atoms with Gasteiger partial charge in [0.15, 0.2) is 5.65 Å². The molecule has 3 aromatic rings. The van der Waals surface area contributed by atoms with Gasteiger partial charge in [-0.2, -0.15) is 10.2 Å². The van der Waals surface area contributed by atoms with E-state index in [2.05, 4.69) is 20.2 Å². The fourth-order valence-electron chi connectivity index (χ4n) is 2.97. The Morgan fingerprint density at radius 3 is 2.71 bits per heavy atom. The Morgan fingerprint density at radius 1 is 1.29 bits per heavy atom. The standard InChI is InChI=1S/C9H11N5O.C9H13N3O/c1-5(2)14-9-6(4-12-14)3-11-8(13-9)7(10)15;1-7-6-8-11(2)9(13)4-3-5-12(8)10-7/h3-5H,1-2H3,(H2,10,15);6H,3-5H2,1-2H3. The van der Waals surface area contributed by atoms with Crippen LogP contribution < -0.4 is 10.6 Å². The van der Waals surface area contributed by atoms with E-state index < -0.39 is 5.91 Å². The molecule has 0 fully saturated rings. The van der Waals surface area contributed by atoms with Crippen molar-refractivity contribution in [1.29, 1.82) is 0 Å². The second-order valence-electron chi connectivity index (χ2n) is 6.94. The molecule has 10 nitrogen and oxygen atoms in total. The second-order valence-corrected chi connectivity index (χ2v) is 6.94. The highest BCUT2D eigenvalue weighted by Crippen LogP contribution is 2.20. The van der Waals surface area contributed by atoms with E-state index in [0.717, 1.165) is 29.9 Å². The Balaban J connectivity index is 0.000000162. The molecule has 2 amide bonds. The molecule has 148 valence electrons. The third-order valence-corrected chi connectivity index (χ3v) is 4.40. The minimum Gasteiger partial charge on any atom is -0.363 e. The molecule has 0 aromatic carbocycles. The number of amides is 2. The minimum absolute atomic E-state index is 0.0184. The van der Waals surface area contributed by atoms with Crippen molar-refractivity contribution in [2.45, 2.75) is 46.2 Å². The average molecular weight is 384 g/mol. The van der Waals surface area contributed by atoms with Gasteiger partial charge in [0.05, 0.1) is 17.3 Å². The first kappa shape index (κ1) is 19.5. The summed E-state index contributed by atoms with van der Waals surface area (Å²) < 4.78 is 3.63. The molecule has 3 aromatic heterocycles. The van der Waals surface area contributed by atoms with Crippen LogP contribution in [-0.2, 0) is 11.3 Å². The fraction of sp³-hybridized carbons (Fsp3) is 0.444. The van der Waals surface area contributed by atoms with Crippen LogP contribution in [0.4, 0.5) is 5.82 Å². The van der Waals surface area contributed by atoms with Crippen molar-refractivity contribution in [2.75, 3.05) is 11.9 Å². The maximum absolute atomic E-state index is 11.5. The number of rotatable bonds is 2. The molecule has 0 saturated heterocycles. The molecule has 10 heteroatoms. The summed E-state index contributed by atoms with van der Waals surface area (Å²) in [4.78, 5) is 32.0. The average Bonchev–Trinajstić information content (AvgIpc) is 3.21. The summed E-state index contributed by atoms with van der Waals surface area (Å²) >= 11 is 0. The van der Waals surface area contributed by atoms with Gasteiger partial charge in [0, 0.05) is 38.3 Å². The highest BCUT2D eigenvalue weighted by atomic mass is 16.2. The summed E-state index contributed by atoms with van der Waals surface area (Å²) in [6.07, 6.45) is 4.73. The van der Waals surface area contributed by atoms with E-state index in [4.69, 9.17) is 5.73 Å². The first-order chi connectivity index (χ1) is 13.3. The number of aryl methyl sites for hydroxylation is 2. The van der Waals surface area contributed by atoms with Gasteiger partial charge in [-0.15, -0.1) is 0 Å². The van der Waals surface area contributed by atoms with Crippen LogP contribution in [0.1, 0.15) is 49.0 Å². The number of hydrogen-bond donors (Lipinski definition) is 1. The molecular weight excluding hydrogens is 360 g/mol. The fourth-order valence-corrected chi connectivity index (χ4v) is 2.97. The van der Waals surface area contributed by atoms with Crippen LogP contribution in [-0.4, -0.2) is 48.4 Å². The lowest BCUT2D eigenvalue weighted by Crippen LogP contribution is -2.25. The number of aromatic nitrogens is 6. The SMILES string of the molecule is CC(C)n1ncc2cnc(C(N)=O)nc21.Cc1cc2n(n1)CCCC(=O)N2C. The summed E-state index contributed by atoms with van der Waals surface area (Å²) in [5, 5.41) is 9.28. The van der Waals surface area contributed by atoms with Crippen molar-refractivity contribution >= 4 is 28.7 Å². The number of nitrogens with zero attached hydrogens (tertiary/aromatic N) is 7. The van der Waals surface area contributed by atoms with E-state index in [0.29, 0.717) is 12.1 Å². The van der Waals surface area contributed by atoms with Crippen molar-refractivity contribution in [2.24, 2.45) is 5.73 Å². The summed E-state index contributed by atoms with van der Waals surface area (Å²) in [7, 11) is 1.81. The normalized spacial score (nSPS) is 13.9. The van der Waals surface area contributed by atoms with Gasteiger partial charge < -0.3 is 10.6 Å². The lowest BCUT2D eigenvalue weighted by atomic mass is 10.3. The Kier molecular flexibility index (Phi) is 5.39. The summed E-state index contributed by atoms with van der Waals surface area (Å²) in [5.74, 6) is 0.483. The molecule has 1 aliphatic rings. The molecule has 2 N–H and O–H groups in total. The van der Waals surface area contributed by atoms with Gasteiger partial charge in [0.25, 0.3) is 5.91 Å². The zero-order valence-corrected chi connectivity index (χ0v) is 16.5. The molecule has 0 radical (unpaired) electrons. The monoisotopic (exact) mass is 384 g/mol. The Hall–Kier alpha value is -3.30. The van der Waals surface area contributed by atoms with Gasteiger partial charge in [-0.25, -0.2) is 19.3 Å². The zero-order valence-electron chi connectivity index (χ0n) is 16.5. The van der Waals surface area contributed by atoms with Crippen molar-refractivity contribution in [3.63, 3.8) is 0 Å². The van der Waals surface area contributed by atoms with Crippen LogP contribution in [0.25, 0.3) is 11.0 Å². The van der Waals surface area contributed by atoms with Gasteiger partial charge in [0.1, 0.15) is 5.82 Å². The van der Waals surface area contributed by atoms with Gasteiger partial charge >= 0.3 is 0 Å². The predicted octanol–water partition coefficient (Wildman–Crippen LogP) is 1.45. The highest BCUT2D eigenvalue weighted by molar-refractivity contribution is 5.92. The van der Waals surface area contributed by atoms with E-state index in [1.807, 2.05) is 31.5 Å². The number of nitrogens with two attached hydrogens (primary N) is 1. The first-order valence-electron chi connectivity index (χ1n) is 9.09. The summed E-state index contributed by atoms with van der Waals surface area (Å²) in [6, 6.07) is 2.13. The van der Waals surface area contributed by atoms with Crippen molar-refractivity contribution in [1.82, 2.24) is 29.5 Å². The molecule has 4 rings (SSSR count). The van der Waals surface area contributed by atoms with E-state index in [1.165, 1.54) is 0 Å². The van der Waals surface area contributed by atoms with Gasteiger partial charge in [-0.05, 0) is 27.2 Å². The molecule has 0 spiro atoms. The van der Waals surface area contributed by atoms with Crippen molar-refractivity contribution < 1.29 is 9.59 Å². The molecule has 4 heterocycles. The number of hydrogen-bond acceptors (Lipinski definition) is 6. The number of anilines is 1. The number of carbonyl (C=O) groups excluding carboxylic acids is 2. The molecule has 0 atom stereocenters. The first-order valence-corrected chi connectivity index (χ1v) is 9.09. The van der Waals surface area contributed by atoms with Crippen LogP contribution >= 0.6 is 0 Å². The van der Waals surface area contributed by atoms with Crippen LogP contribution in [0.2, 0.25) is 0 Å². The maximum atomic E-state index is 11.5. The Labute approximate surface area is 162 Å². The van der Waals surface area contributed by atoms with Crippen LogP contribution in [0.5, 0.6) is 0 Å². The van der Waals surface area contributed by atoms with Crippen molar-refractivity contribution in [3.8, 4) is 0 Å². The minimum atomic E-state index is -0.631. The molecule has 28 heavy (non-hydrogen) atoms. The zero-order chi connectivity index (χ0) is 20.4. The number of carbonyl (C=O) groups is 2. The smallest absolute Gasteiger partial charge is 0.286 e. The molecule has 1 aliphatic heterocycles. The predicted molar refractivity (Wildman–Crippen MR) is 104 cm³/mol. The summed E-state index contributed by atoms with van der Waals surface area (Å²) in [5.41, 5.74) is 6.71. The van der Waals surface area contributed by atoms with Gasteiger partial charge in [0.2, 0.25) is 11.7 Å². The second kappa shape index (κ2) is 7.75. The third-order valence-electron chi connectivity index (χ3n) is 4.40. The number of fused-ring (bicyclic) bond motifs is 2. The van der Waals surface area contributed by atoms with E-state index >= 15 is 0 Å². The lowest BCUT2D eigenvalue weighted by molar-refractivity contribution is -0.118. The van der Waals surface area contributed by atoms with Crippen molar-refractivity contribution in [3.05, 3.63) is 30.0 Å². The third kappa shape index (κ3) is 3.85. The van der Waals surface area contributed by atoms with E-state index in [9.17, 15) is 9.59 Å². The Bertz CT molecular complexity index is 1020. The molecule has 0 unspecified atom stereocenters. The van der Waals surface area contributed by atoms with Gasteiger partial charge in [-0.1, -0.05) is 0 Å². The van der Waals surface area contributed by atoms with Crippen LogP contribution in [0.3, 0.4) is 0 Å². The maximum Gasteiger partial charge on any atom is 0.286 e. The lowest BCUT2D eigenvalue weighted by Gasteiger charge is -2.13. The van der Waals surface area contributed by atoms with Gasteiger partial charge in [-0.3, -0.25) is 9.59 Å². The molecular formula is C18H24N8O2. The molecule has 0 bridgehead atoms. The molecule has 0 saturated carbocycles. The highest BCUT2D eigenvalue weighted by Gasteiger charge is 2.19. The van der Waals surface area contributed by atoms with E-state index in [1.54, 1.807) is 29.0 Å². The topological polar surface area (TPSA) is 125 Å². The number of primary amides is 1. The summed E-state index contributed by atoms with van der Waals surface area (Å²) in [6.45, 7) is 6.76. The van der Waals surface area contributed by atoms with Crippen LogP contribution in [0, 0.1) is 6.92 Å². The quantitative estimate of drug-likeness (QED) is 0.713. The van der Waals surface area contributed by atoms with Crippen LogP contribution in [0.15, 0.2) is 18.5 Å².